The van der Waals surface area contributed by atoms with E-state index in [0.29, 0.717) is 5.56 Å². The Balaban J connectivity index is 3.09. The molecule has 0 fully saturated rings. The van der Waals surface area contributed by atoms with Crippen LogP contribution in [0, 0.1) is 5.82 Å². The summed E-state index contributed by atoms with van der Waals surface area (Å²) >= 11 is 5.68. The highest BCUT2D eigenvalue weighted by Crippen LogP contribution is 2.18. The lowest BCUT2D eigenvalue weighted by atomic mass is 10.2. The van der Waals surface area contributed by atoms with Gasteiger partial charge in [-0.2, -0.15) is 0 Å². The van der Waals surface area contributed by atoms with E-state index in [-0.39, 0.29) is 10.9 Å². The minimum Gasteiger partial charge on any atom is -0.345 e. The van der Waals surface area contributed by atoms with Crippen LogP contribution in [-0.2, 0) is 0 Å². The Labute approximate surface area is 80.9 Å². The van der Waals surface area contributed by atoms with Crippen molar-refractivity contribution in [2.75, 3.05) is 14.1 Å². The number of carbonyl (C=O) groups excluding carboxylic acids is 1. The molecule has 0 N–H and O–H groups in total. The second kappa shape index (κ2) is 3.75. The number of hydrogen-bond donors (Lipinski definition) is 0. The van der Waals surface area contributed by atoms with E-state index in [2.05, 4.69) is 0 Å². The highest BCUT2D eigenvalue weighted by molar-refractivity contribution is 6.33. The first-order valence-electron chi connectivity index (χ1n) is 3.69. The van der Waals surface area contributed by atoms with Crippen LogP contribution in [0.15, 0.2) is 18.2 Å². The molecule has 4 heteroatoms. The van der Waals surface area contributed by atoms with Crippen LogP contribution in [0.3, 0.4) is 0 Å². The SMILES string of the molecule is CN(C)C(=O)c1ccc(F)cc1Cl. The molecule has 0 unspecified atom stereocenters. The topological polar surface area (TPSA) is 20.3 Å². The molecular weight excluding hydrogens is 193 g/mol. The van der Waals surface area contributed by atoms with E-state index < -0.39 is 5.82 Å². The average Bonchev–Trinajstić information content (AvgIpc) is 2.03. The molecule has 0 radical (unpaired) electrons. The molecule has 0 heterocycles. The predicted molar refractivity (Wildman–Crippen MR) is 49.4 cm³/mol. The van der Waals surface area contributed by atoms with Crippen molar-refractivity contribution in [1.82, 2.24) is 4.90 Å². The molecule has 0 saturated heterocycles. The molecule has 0 aromatic heterocycles. The van der Waals surface area contributed by atoms with Crippen molar-refractivity contribution in [1.29, 1.82) is 0 Å². The summed E-state index contributed by atoms with van der Waals surface area (Å²) in [6.07, 6.45) is 0. The average molecular weight is 202 g/mol. The van der Waals surface area contributed by atoms with Crippen LogP contribution in [0.2, 0.25) is 5.02 Å². The summed E-state index contributed by atoms with van der Waals surface area (Å²) in [5.74, 6) is -0.676. The largest absolute Gasteiger partial charge is 0.345 e. The Bertz CT molecular complexity index is 338. The number of nitrogens with zero attached hydrogens (tertiary/aromatic N) is 1. The molecule has 2 nitrogen and oxygen atoms in total. The number of halogens is 2. The third-order valence-electron chi connectivity index (χ3n) is 1.57. The zero-order valence-corrected chi connectivity index (χ0v) is 8.10. The highest BCUT2D eigenvalue weighted by Gasteiger charge is 2.12. The monoisotopic (exact) mass is 201 g/mol. The third-order valence-corrected chi connectivity index (χ3v) is 1.88. The summed E-state index contributed by atoms with van der Waals surface area (Å²) < 4.78 is 12.6. The second-order valence-electron chi connectivity index (χ2n) is 2.82. The number of amides is 1. The van der Waals surface area contributed by atoms with E-state index in [1.807, 2.05) is 0 Å². The van der Waals surface area contributed by atoms with Gasteiger partial charge in [0.25, 0.3) is 5.91 Å². The van der Waals surface area contributed by atoms with Gasteiger partial charge in [0, 0.05) is 14.1 Å². The summed E-state index contributed by atoms with van der Waals surface area (Å²) in [5.41, 5.74) is 0.313. The predicted octanol–water partition coefficient (Wildman–Crippen LogP) is 2.18. The Kier molecular flexibility index (Phi) is 2.88. The van der Waals surface area contributed by atoms with Gasteiger partial charge in [0.1, 0.15) is 5.82 Å². The summed E-state index contributed by atoms with van der Waals surface area (Å²) in [5, 5.41) is 0.138. The molecule has 1 rings (SSSR count). The molecule has 70 valence electrons. The smallest absolute Gasteiger partial charge is 0.254 e. The molecule has 0 aliphatic carbocycles. The van der Waals surface area contributed by atoms with Crippen LogP contribution in [0.4, 0.5) is 4.39 Å². The fraction of sp³-hybridized carbons (Fsp3) is 0.222. The van der Waals surface area contributed by atoms with Gasteiger partial charge in [0.15, 0.2) is 0 Å². The summed E-state index contributed by atoms with van der Waals surface area (Å²) in [4.78, 5) is 12.8. The van der Waals surface area contributed by atoms with Crippen LogP contribution < -0.4 is 0 Å². The van der Waals surface area contributed by atoms with Gasteiger partial charge in [0.2, 0.25) is 0 Å². The molecular formula is C9H9ClFNO. The zero-order chi connectivity index (χ0) is 10.0. The maximum Gasteiger partial charge on any atom is 0.254 e. The fourth-order valence-electron chi connectivity index (χ4n) is 0.904. The van der Waals surface area contributed by atoms with Gasteiger partial charge < -0.3 is 4.90 Å². The maximum absolute atomic E-state index is 12.6. The Morgan fingerprint density at radius 3 is 2.54 bits per heavy atom. The van der Waals surface area contributed by atoms with Crippen molar-refractivity contribution in [2.45, 2.75) is 0 Å². The quantitative estimate of drug-likeness (QED) is 0.682. The minimum atomic E-state index is -0.444. The number of rotatable bonds is 1. The first-order valence-corrected chi connectivity index (χ1v) is 4.07. The van der Waals surface area contributed by atoms with Crippen LogP contribution in [-0.4, -0.2) is 24.9 Å². The van der Waals surface area contributed by atoms with Gasteiger partial charge in [-0.05, 0) is 18.2 Å². The molecule has 1 aromatic rings. The molecule has 0 spiro atoms. The molecule has 0 saturated carbocycles. The van der Waals surface area contributed by atoms with E-state index in [1.165, 1.54) is 17.0 Å². The van der Waals surface area contributed by atoms with Crippen molar-refractivity contribution < 1.29 is 9.18 Å². The summed E-state index contributed by atoms with van der Waals surface area (Å²) in [7, 11) is 3.23. The van der Waals surface area contributed by atoms with Crippen molar-refractivity contribution in [3.63, 3.8) is 0 Å². The van der Waals surface area contributed by atoms with Gasteiger partial charge in [-0.25, -0.2) is 4.39 Å². The molecule has 0 aliphatic rings. The lowest BCUT2D eigenvalue weighted by Gasteiger charge is -2.10. The molecule has 1 aromatic carbocycles. The molecule has 1 amide bonds. The van der Waals surface area contributed by atoms with Gasteiger partial charge in [-0.3, -0.25) is 4.79 Å². The number of hydrogen-bond acceptors (Lipinski definition) is 1. The van der Waals surface area contributed by atoms with Crippen LogP contribution in [0.25, 0.3) is 0 Å². The molecule has 0 aliphatic heterocycles. The lowest BCUT2D eigenvalue weighted by Crippen LogP contribution is -2.21. The summed E-state index contributed by atoms with van der Waals surface area (Å²) in [6, 6.07) is 3.71. The Hall–Kier alpha value is -1.09. The van der Waals surface area contributed by atoms with Gasteiger partial charge in [-0.15, -0.1) is 0 Å². The van der Waals surface area contributed by atoms with Crippen molar-refractivity contribution in [3.8, 4) is 0 Å². The van der Waals surface area contributed by atoms with Crippen LogP contribution in [0.1, 0.15) is 10.4 Å². The standard InChI is InChI=1S/C9H9ClFNO/c1-12(2)9(13)7-4-3-6(11)5-8(7)10/h3-5H,1-2H3. The lowest BCUT2D eigenvalue weighted by molar-refractivity contribution is 0.0828. The van der Waals surface area contributed by atoms with E-state index in [0.717, 1.165) is 6.07 Å². The Morgan fingerprint density at radius 2 is 2.08 bits per heavy atom. The first-order chi connectivity index (χ1) is 6.02. The molecule has 0 bridgehead atoms. The van der Waals surface area contributed by atoms with Gasteiger partial charge in [-0.1, -0.05) is 11.6 Å². The van der Waals surface area contributed by atoms with E-state index in [1.54, 1.807) is 14.1 Å². The molecule has 13 heavy (non-hydrogen) atoms. The maximum atomic E-state index is 12.6. The highest BCUT2D eigenvalue weighted by atomic mass is 35.5. The second-order valence-corrected chi connectivity index (χ2v) is 3.23. The fourth-order valence-corrected chi connectivity index (χ4v) is 1.15. The van der Waals surface area contributed by atoms with E-state index in [4.69, 9.17) is 11.6 Å². The normalized spacial score (nSPS) is 9.85. The first kappa shape index (κ1) is 9.99. The van der Waals surface area contributed by atoms with Crippen molar-refractivity contribution in [2.24, 2.45) is 0 Å². The van der Waals surface area contributed by atoms with Crippen LogP contribution >= 0.6 is 11.6 Å². The summed E-state index contributed by atoms with van der Waals surface area (Å²) in [6.45, 7) is 0. The number of carbonyl (C=O) groups is 1. The number of benzene rings is 1. The molecule has 0 atom stereocenters. The van der Waals surface area contributed by atoms with Crippen LogP contribution in [0.5, 0.6) is 0 Å². The van der Waals surface area contributed by atoms with E-state index >= 15 is 0 Å². The third kappa shape index (κ3) is 2.18. The Morgan fingerprint density at radius 1 is 1.46 bits per heavy atom. The van der Waals surface area contributed by atoms with Crippen molar-refractivity contribution >= 4 is 17.5 Å². The zero-order valence-electron chi connectivity index (χ0n) is 7.34. The van der Waals surface area contributed by atoms with E-state index in [9.17, 15) is 9.18 Å². The van der Waals surface area contributed by atoms with Gasteiger partial charge in [0.05, 0.1) is 10.6 Å². The van der Waals surface area contributed by atoms with Crippen molar-refractivity contribution in [3.05, 3.63) is 34.6 Å². The minimum absolute atomic E-state index is 0.138. The van der Waals surface area contributed by atoms with Gasteiger partial charge >= 0.3 is 0 Å².